The van der Waals surface area contributed by atoms with Gasteiger partial charge in [0.1, 0.15) is 6.61 Å². The van der Waals surface area contributed by atoms with E-state index in [9.17, 15) is 4.79 Å². The number of rotatable bonds is 10. The quantitative estimate of drug-likeness (QED) is 0.536. The Morgan fingerprint density at radius 1 is 1.06 bits per heavy atom. The summed E-state index contributed by atoms with van der Waals surface area (Å²) in [6.45, 7) is 11.1. The van der Waals surface area contributed by atoms with Crippen LogP contribution >= 0.6 is 0 Å². The number of methoxy groups -OCH3 is 1. The van der Waals surface area contributed by atoms with Gasteiger partial charge in [-0.3, -0.25) is 9.69 Å². The van der Waals surface area contributed by atoms with Gasteiger partial charge in [0.2, 0.25) is 5.91 Å². The van der Waals surface area contributed by atoms with Gasteiger partial charge in [-0.25, -0.2) is 0 Å². The Labute approximate surface area is 200 Å². The van der Waals surface area contributed by atoms with Crippen LogP contribution in [0.15, 0.2) is 48.5 Å². The van der Waals surface area contributed by atoms with Crippen molar-refractivity contribution in [2.45, 2.75) is 33.2 Å². The van der Waals surface area contributed by atoms with Gasteiger partial charge in [-0.2, -0.15) is 0 Å². The molecule has 1 fully saturated rings. The molecule has 5 heteroatoms. The van der Waals surface area contributed by atoms with E-state index in [0.717, 1.165) is 32.7 Å². The van der Waals surface area contributed by atoms with Crippen LogP contribution in [0.2, 0.25) is 0 Å². The Hall–Kier alpha value is -2.37. The van der Waals surface area contributed by atoms with Gasteiger partial charge in [-0.15, -0.1) is 0 Å². The number of nitrogens with zero attached hydrogens (tertiary/aromatic N) is 3. The van der Waals surface area contributed by atoms with Crippen LogP contribution in [-0.2, 0) is 16.1 Å². The first-order chi connectivity index (χ1) is 15.8. The molecule has 33 heavy (non-hydrogen) atoms. The van der Waals surface area contributed by atoms with E-state index in [4.69, 9.17) is 4.74 Å². The molecule has 1 amide bonds. The van der Waals surface area contributed by atoms with Crippen molar-refractivity contribution >= 4 is 11.6 Å². The summed E-state index contributed by atoms with van der Waals surface area (Å²) < 4.78 is 5.18. The number of benzene rings is 2. The first kappa shape index (κ1) is 25.3. The molecule has 0 bridgehead atoms. The SMILES string of the molecule is COCC(=O)N(CC(C)C)CC1CN(Cc2ccc(N(C)C)cc2)CC1c1ccc(C)cc1. The van der Waals surface area contributed by atoms with Crippen LogP contribution in [-0.4, -0.2) is 69.7 Å². The molecule has 1 aliphatic heterocycles. The normalized spacial score (nSPS) is 18.6. The van der Waals surface area contributed by atoms with E-state index in [1.165, 1.54) is 22.4 Å². The van der Waals surface area contributed by atoms with Gasteiger partial charge in [-0.1, -0.05) is 55.8 Å². The van der Waals surface area contributed by atoms with Crippen LogP contribution in [0, 0.1) is 18.8 Å². The predicted octanol–water partition coefficient (Wildman–Crippen LogP) is 4.41. The Kier molecular flexibility index (Phi) is 8.93. The van der Waals surface area contributed by atoms with Crippen molar-refractivity contribution in [3.8, 4) is 0 Å². The molecule has 1 saturated heterocycles. The molecule has 2 aromatic carbocycles. The predicted molar refractivity (Wildman–Crippen MR) is 137 cm³/mol. The van der Waals surface area contributed by atoms with E-state index in [1.54, 1.807) is 7.11 Å². The standard InChI is InChI=1S/C28H41N3O2/c1-21(2)15-31(28(32)20-33-6)18-25-17-30(16-23-9-13-26(14-10-23)29(4)5)19-27(25)24-11-7-22(3)8-12-24/h7-14,21,25,27H,15-20H2,1-6H3. The number of carbonyl (C=O) groups is 1. The Balaban J connectivity index is 1.78. The number of likely N-dealkylation sites (tertiary alicyclic amines) is 1. The highest BCUT2D eigenvalue weighted by Crippen LogP contribution is 2.34. The highest BCUT2D eigenvalue weighted by atomic mass is 16.5. The van der Waals surface area contributed by atoms with Crippen molar-refractivity contribution in [3.05, 3.63) is 65.2 Å². The van der Waals surface area contributed by atoms with Crippen molar-refractivity contribution < 1.29 is 9.53 Å². The average Bonchev–Trinajstić information content (AvgIpc) is 3.16. The molecule has 5 nitrogen and oxygen atoms in total. The lowest BCUT2D eigenvalue weighted by Gasteiger charge is -2.30. The number of amides is 1. The lowest BCUT2D eigenvalue weighted by molar-refractivity contribution is -0.136. The number of carbonyl (C=O) groups excluding carboxylic acids is 1. The van der Waals surface area contributed by atoms with Crippen molar-refractivity contribution in [2.24, 2.45) is 11.8 Å². The zero-order chi connectivity index (χ0) is 24.0. The van der Waals surface area contributed by atoms with Crippen molar-refractivity contribution in [1.82, 2.24) is 9.80 Å². The van der Waals surface area contributed by atoms with Gasteiger partial charge >= 0.3 is 0 Å². The molecular weight excluding hydrogens is 410 g/mol. The lowest BCUT2D eigenvalue weighted by atomic mass is 9.88. The first-order valence-corrected chi connectivity index (χ1v) is 12.1. The van der Waals surface area contributed by atoms with Crippen LogP contribution in [0.25, 0.3) is 0 Å². The van der Waals surface area contributed by atoms with Crippen LogP contribution in [0.4, 0.5) is 5.69 Å². The lowest BCUT2D eigenvalue weighted by Crippen LogP contribution is -2.41. The minimum atomic E-state index is 0.0894. The average molecular weight is 452 g/mol. The van der Waals surface area contributed by atoms with Gasteiger partial charge in [-0.05, 0) is 42.0 Å². The van der Waals surface area contributed by atoms with Gasteiger partial charge in [0, 0.05) is 65.5 Å². The van der Waals surface area contributed by atoms with Crippen LogP contribution in [0.5, 0.6) is 0 Å². The topological polar surface area (TPSA) is 36.0 Å². The third-order valence-electron chi connectivity index (χ3n) is 6.54. The molecule has 0 aromatic heterocycles. The van der Waals surface area contributed by atoms with E-state index in [0.29, 0.717) is 17.8 Å². The van der Waals surface area contributed by atoms with Crippen LogP contribution in [0.1, 0.15) is 36.5 Å². The number of hydrogen-bond donors (Lipinski definition) is 0. The summed E-state index contributed by atoms with van der Waals surface area (Å²) in [6, 6.07) is 17.8. The van der Waals surface area contributed by atoms with Gasteiger partial charge in [0.15, 0.2) is 0 Å². The molecular formula is C28H41N3O2. The van der Waals surface area contributed by atoms with Gasteiger partial charge < -0.3 is 14.5 Å². The molecule has 2 atom stereocenters. The van der Waals surface area contributed by atoms with E-state index in [1.807, 2.05) is 4.90 Å². The van der Waals surface area contributed by atoms with Crippen molar-refractivity contribution in [3.63, 3.8) is 0 Å². The zero-order valence-electron chi connectivity index (χ0n) is 21.3. The second-order valence-corrected chi connectivity index (χ2v) is 10.2. The largest absolute Gasteiger partial charge is 0.378 e. The van der Waals surface area contributed by atoms with Crippen molar-refractivity contribution in [2.75, 3.05) is 58.9 Å². The smallest absolute Gasteiger partial charge is 0.248 e. The van der Waals surface area contributed by atoms with E-state index in [2.05, 4.69) is 93.2 Å². The summed E-state index contributed by atoms with van der Waals surface area (Å²) in [6.07, 6.45) is 0. The van der Waals surface area contributed by atoms with E-state index >= 15 is 0 Å². The maximum Gasteiger partial charge on any atom is 0.248 e. The molecule has 1 heterocycles. The Morgan fingerprint density at radius 2 is 1.73 bits per heavy atom. The third-order valence-corrected chi connectivity index (χ3v) is 6.54. The number of anilines is 1. The van der Waals surface area contributed by atoms with Crippen LogP contribution in [0.3, 0.4) is 0 Å². The van der Waals surface area contributed by atoms with Gasteiger partial charge in [0.05, 0.1) is 0 Å². The molecule has 0 spiro atoms. The third kappa shape index (κ3) is 7.05. The number of aryl methyl sites for hydroxylation is 1. The molecule has 0 aliphatic carbocycles. The molecule has 0 N–H and O–H groups in total. The Bertz CT molecular complexity index is 877. The fraction of sp³-hybridized carbons (Fsp3) is 0.536. The molecule has 2 aromatic rings. The summed E-state index contributed by atoms with van der Waals surface area (Å²) in [7, 11) is 5.74. The highest BCUT2D eigenvalue weighted by Gasteiger charge is 2.35. The second kappa shape index (κ2) is 11.7. The maximum absolute atomic E-state index is 12.8. The van der Waals surface area contributed by atoms with Crippen molar-refractivity contribution in [1.29, 1.82) is 0 Å². The molecule has 3 rings (SSSR count). The summed E-state index contributed by atoms with van der Waals surface area (Å²) in [5.74, 6) is 1.33. The number of hydrogen-bond acceptors (Lipinski definition) is 4. The fourth-order valence-corrected chi connectivity index (χ4v) is 4.84. The highest BCUT2D eigenvalue weighted by molar-refractivity contribution is 5.77. The number of ether oxygens (including phenoxy) is 1. The first-order valence-electron chi connectivity index (χ1n) is 12.1. The fourth-order valence-electron chi connectivity index (χ4n) is 4.84. The minimum absolute atomic E-state index is 0.0894. The monoisotopic (exact) mass is 451 g/mol. The molecule has 1 aliphatic rings. The van der Waals surface area contributed by atoms with Gasteiger partial charge in [0.25, 0.3) is 0 Å². The van der Waals surface area contributed by atoms with E-state index < -0.39 is 0 Å². The summed E-state index contributed by atoms with van der Waals surface area (Å²) in [4.78, 5) is 19.5. The molecule has 2 unspecified atom stereocenters. The Morgan fingerprint density at radius 3 is 2.30 bits per heavy atom. The summed E-state index contributed by atoms with van der Waals surface area (Å²) >= 11 is 0. The maximum atomic E-state index is 12.8. The molecule has 180 valence electrons. The molecule has 0 saturated carbocycles. The second-order valence-electron chi connectivity index (χ2n) is 10.2. The summed E-state index contributed by atoms with van der Waals surface area (Å²) in [5.41, 5.74) is 5.21. The molecule has 0 radical (unpaired) electrons. The zero-order valence-corrected chi connectivity index (χ0v) is 21.3. The van der Waals surface area contributed by atoms with E-state index in [-0.39, 0.29) is 12.5 Å². The minimum Gasteiger partial charge on any atom is -0.378 e. The summed E-state index contributed by atoms with van der Waals surface area (Å²) in [5, 5.41) is 0. The van der Waals surface area contributed by atoms with Crippen LogP contribution < -0.4 is 4.90 Å².